The summed E-state index contributed by atoms with van der Waals surface area (Å²) in [6, 6.07) is 12.5. The highest BCUT2D eigenvalue weighted by atomic mass is 32.1. The van der Waals surface area contributed by atoms with Gasteiger partial charge in [0.1, 0.15) is 16.6 Å². The number of hydrogen-bond donors (Lipinski definition) is 1. The number of nitrogens with one attached hydrogen (secondary N) is 1. The van der Waals surface area contributed by atoms with Gasteiger partial charge in [-0.15, -0.1) is 10.2 Å². The second-order valence-electron chi connectivity index (χ2n) is 4.74. The Balaban J connectivity index is 1.70. The lowest BCUT2D eigenvalue weighted by atomic mass is 10.2. The fraction of sp³-hybridized carbons (Fsp3) is 0.0625. The van der Waals surface area contributed by atoms with Gasteiger partial charge in [0.15, 0.2) is 0 Å². The van der Waals surface area contributed by atoms with Crippen LogP contribution in [0.5, 0.6) is 0 Å². The minimum atomic E-state index is -0.920. The van der Waals surface area contributed by atoms with Crippen LogP contribution in [0.4, 0.5) is 13.9 Å². The highest BCUT2D eigenvalue weighted by Crippen LogP contribution is 2.20. The van der Waals surface area contributed by atoms with Crippen LogP contribution in [-0.2, 0) is 6.42 Å². The van der Waals surface area contributed by atoms with Crippen LogP contribution in [0.1, 0.15) is 20.9 Å². The molecule has 2 aromatic carbocycles. The largest absolute Gasteiger partial charge is 0.296 e. The van der Waals surface area contributed by atoms with Gasteiger partial charge in [-0.2, -0.15) is 0 Å². The van der Waals surface area contributed by atoms with Crippen LogP contribution in [0.25, 0.3) is 0 Å². The van der Waals surface area contributed by atoms with E-state index in [0.717, 1.165) is 22.7 Å². The van der Waals surface area contributed by atoms with E-state index in [-0.39, 0.29) is 10.7 Å². The fourth-order valence-corrected chi connectivity index (χ4v) is 2.75. The third-order valence-corrected chi connectivity index (χ3v) is 3.90. The van der Waals surface area contributed by atoms with E-state index >= 15 is 0 Å². The number of hydrogen-bond acceptors (Lipinski definition) is 4. The maximum Gasteiger partial charge on any atom is 0.260 e. The zero-order valence-electron chi connectivity index (χ0n) is 11.8. The van der Waals surface area contributed by atoms with Crippen molar-refractivity contribution < 1.29 is 13.6 Å². The van der Waals surface area contributed by atoms with Gasteiger partial charge in [0, 0.05) is 12.5 Å². The summed E-state index contributed by atoms with van der Waals surface area (Å²) in [6.07, 6.45) is 0.597. The molecule has 0 saturated heterocycles. The molecule has 0 radical (unpaired) electrons. The summed E-state index contributed by atoms with van der Waals surface area (Å²) >= 11 is 1.21. The highest BCUT2D eigenvalue weighted by molar-refractivity contribution is 7.15. The van der Waals surface area contributed by atoms with Crippen molar-refractivity contribution in [1.82, 2.24) is 10.2 Å². The summed E-state index contributed by atoms with van der Waals surface area (Å²) in [5.41, 5.74) is 0.831. The minimum Gasteiger partial charge on any atom is -0.296 e. The van der Waals surface area contributed by atoms with Gasteiger partial charge < -0.3 is 0 Å². The van der Waals surface area contributed by atoms with Crippen molar-refractivity contribution in [3.63, 3.8) is 0 Å². The van der Waals surface area contributed by atoms with E-state index in [0.29, 0.717) is 12.5 Å². The van der Waals surface area contributed by atoms with E-state index in [9.17, 15) is 13.6 Å². The standard InChI is InChI=1S/C16H11F2N3OS/c17-11-6-7-12(13(18)9-11)15(22)19-16-21-20-14(23-16)8-10-4-2-1-3-5-10/h1-7,9H,8H2,(H,19,21,22). The van der Waals surface area contributed by atoms with Gasteiger partial charge in [-0.25, -0.2) is 8.78 Å². The number of rotatable bonds is 4. The van der Waals surface area contributed by atoms with Gasteiger partial charge in [-0.05, 0) is 17.7 Å². The molecule has 0 aliphatic carbocycles. The van der Waals surface area contributed by atoms with Crippen LogP contribution in [0.3, 0.4) is 0 Å². The lowest BCUT2D eigenvalue weighted by molar-refractivity contribution is 0.102. The molecule has 23 heavy (non-hydrogen) atoms. The van der Waals surface area contributed by atoms with Gasteiger partial charge in [0.25, 0.3) is 5.91 Å². The number of carbonyl (C=O) groups excluding carboxylic acids is 1. The number of aromatic nitrogens is 2. The summed E-state index contributed by atoms with van der Waals surface area (Å²) in [7, 11) is 0. The lowest BCUT2D eigenvalue weighted by Crippen LogP contribution is -2.13. The third kappa shape index (κ3) is 3.75. The molecule has 0 aliphatic heterocycles. The normalized spacial score (nSPS) is 10.5. The molecular weight excluding hydrogens is 320 g/mol. The summed E-state index contributed by atoms with van der Waals surface area (Å²) in [4.78, 5) is 12.0. The molecule has 7 heteroatoms. The lowest BCUT2D eigenvalue weighted by Gasteiger charge is -2.02. The summed E-state index contributed by atoms with van der Waals surface area (Å²) in [5.74, 6) is -2.35. The molecule has 0 spiro atoms. The van der Waals surface area contributed by atoms with Crippen LogP contribution in [-0.4, -0.2) is 16.1 Å². The molecule has 3 rings (SSSR count). The van der Waals surface area contributed by atoms with Gasteiger partial charge in [0.05, 0.1) is 5.56 Å². The highest BCUT2D eigenvalue weighted by Gasteiger charge is 2.15. The van der Waals surface area contributed by atoms with E-state index in [1.54, 1.807) is 0 Å². The molecule has 1 amide bonds. The van der Waals surface area contributed by atoms with E-state index in [2.05, 4.69) is 15.5 Å². The SMILES string of the molecule is O=C(Nc1nnc(Cc2ccccc2)s1)c1ccc(F)cc1F. The van der Waals surface area contributed by atoms with Gasteiger partial charge in [-0.1, -0.05) is 41.7 Å². The molecule has 4 nitrogen and oxygen atoms in total. The predicted octanol–water partition coefficient (Wildman–Crippen LogP) is 3.66. The average Bonchev–Trinajstić information content (AvgIpc) is 2.95. The topological polar surface area (TPSA) is 54.9 Å². The predicted molar refractivity (Wildman–Crippen MR) is 83.5 cm³/mol. The number of anilines is 1. The molecule has 116 valence electrons. The average molecular weight is 331 g/mol. The van der Waals surface area contributed by atoms with Crippen LogP contribution >= 0.6 is 11.3 Å². The molecule has 3 aromatic rings. The Hall–Kier alpha value is -2.67. The molecule has 0 unspecified atom stereocenters. The number of halogens is 2. The smallest absolute Gasteiger partial charge is 0.260 e. The Morgan fingerprint density at radius 1 is 1.09 bits per heavy atom. The van der Waals surface area contributed by atoms with Crippen LogP contribution < -0.4 is 5.32 Å². The first kappa shape index (κ1) is 15.2. The zero-order valence-corrected chi connectivity index (χ0v) is 12.6. The molecule has 0 bridgehead atoms. The monoisotopic (exact) mass is 331 g/mol. The third-order valence-electron chi connectivity index (χ3n) is 3.06. The quantitative estimate of drug-likeness (QED) is 0.794. The summed E-state index contributed by atoms with van der Waals surface area (Å²) < 4.78 is 26.4. The van der Waals surface area contributed by atoms with E-state index in [1.807, 2.05) is 30.3 Å². The minimum absolute atomic E-state index is 0.244. The number of carbonyl (C=O) groups is 1. The van der Waals surface area contributed by atoms with Gasteiger partial charge in [0.2, 0.25) is 5.13 Å². The van der Waals surface area contributed by atoms with Crippen molar-refractivity contribution in [3.8, 4) is 0 Å². The first-order chi connectivity index (χ1) is 11.1. The van der Waals surface area contributed by atoms with Crippen molar-refractivity contribution in [2.45, 2.75) is 6.42 Å². The maximum absolute atomic E-state index is 13.6. The van der Waals surface area contributed by atoms with Crippen molar-refractivity contribution in [3.05, 3.63) is 76.3 Å². The molecule has 1 N–H and O–H groups in total. The van der Waals surface area contributed by atoms with Crippen LogP contribution in [0.15, 0.2) is 48.5 Å². The van der Waals surface area contributed by atoms with Crippen molar-refractivity contribution in [2.75, 3.05) is 5.32 Å². The Kier molecular flexibility index (Phi) is 4.38. The van der Waals surface area contributed by atoms with Crippen molar-refractivity contribution in [1.29, 1.82) is 0 Å². The Morgan fingerprint density at radius 2 is 1.87 bits per heavy atom. The van der Waals surface area contributed by atoms with E-state index in [1.165, 1.54) is 11.3 Å². The molecule has 1 heterocycles. The van der Waals surface area contributed by atoms with Gasteiger partial charge >= 0.3 is 0 Å². The fourth-order valence-electron chi connectivity index (χ4n) is 1.98. The molecule has 0 atom stereocenters. The van der Waals surface area contributed by atoms with Crippen molar-refractivity contribution in [2.24, 2.45) is 0 Å². The Bertz CT molecular complexity index is 836. The summed E-state index contributed by atoms with van der Waals surface area (Å²) in [6.45, 7) is 0. The Labute approximate surface area is 134 Å². The molecule has 0 aliphatic rings. The number of amides is 1. The van der Waals surface area contributed by atoms with E-state index in [4.69, 9.17) is 0 Å². The van der Waals surface area contributed by atoms with E-state index < -0.39 is 17.5 Å². The Morgan fingerprint density at radius 3 is 2.61 bits per heavy atom. The molecular formula is C16H11F2N3OS. The maximum atomic E-state index is 13.6. The molecule has 0 fully saturated rings. The first-order valence-electron chi connectivity index (χ1n) is 6.74. The number of benzene rings is 2. The zero-order chi connectivity index (χ0) is 16.2. The second-order valence-corrected chi connectivity index (χ2v) is 5.80. The first-order valence-corrected chi connectivity index (χ1v) is 7.56. The molecule has 0 saturated carbocycles. The number of nitrogens with zero attached hydrogens (tertiary/aromatic N) is 2. The second kappa shape index (κ2) is 6.62. The van der Waals surface area contributed by atoms with Crippen LogP contribution in [0, 0.1) is 11.6 Å². The van der Waals surface area contributed by atoms with Crippen LogP contribution in [0.2, 0.25) is 0 Å². The molecule has 1 aromatic heterocycles. The summed E-state index contributed by atoms with van der Waals surface area (Å²) in [5, 5.41) is 11.3. The van der Waals surface area contributed by atoms with Crippen molar-refractivity contribution >= 4 is 22.4 Å². The van der Waals surface area contributed by atoms with Gasteiger partial charge in [-0.3, -0.25) is 10.1 Å².